The molecule has 0 bridgehead atoms. The topological polar surface area (TPSA) is 105 Å². The predicted octanol–water partition coefficient (Wildman–Crippen LogP) is 0.417. The van der Waals surface area contributed by atoms with E-state index in [-0.39, 0.29) is 23.5 Å². The average Bonchev–Trinajstić information content (AvgIpc) is 2.79. The molecule has 0 radical (unpaired) electrons. The summed E-state index contributed by atoms with van der Waals surface area (Å²) in [7, 11) is -3.09. The summed E-state index contributed by atoms with van der Waals surface area (Å²) in [6.45, 7) is 0.393. The Labute approximate surface area is 117 Å². The van der Waals surface area contributed by atoms with Crippen LogP contribution in [-0.2, 0) is 9.84 Å². The number of nitrogens with two attached hydrogens (primary N) is 1. The molecule has 0 spiro atoms. The molecule has 2 rings (SSSR count). The van der Waals surface area contributed by atoms with Crippen molar-refractivity contribution in [1.82, 2.24) is 5.32 Å². The molecule has 2 unspecified atom stereocenters. The van der Waals surface area contributed by atoms with Gasteiger partial charge in [0.25, 0.3) is 0 Å². The summed E-state index contributed by atoms with van der Waals surface area (Å²) < 4.78 is 22.7. The molecular formula is C13H17N3O3S. The van der Waals surface area contributed by atoms with Gasteiger partial charge in [0, 0.05) is 18.0 Å². The lowest BCUT2D eigenvalue weighted by atomic mass is 9.98. The van der Waals surface area contributed by atoms with Crippen molar-refractivity contribution in [3.05, 3.63) is 47.4 Å². The SMILES string of the molecule is NC(=NO)C(CNC1C=CS(=O)(=O)C1)c1ccccc1. The Kier molecular flexibility index (Phi) is 4.41. The van der Waals surface area contributed by atoms with E-state index in [0.717, 1.165) is 5.56 Å². The van der Waals surface area contributed by atoms with Gasteiger partial charge in [-0.1, -0.05) is 41.6 Å². The van der Waals surface area contributed by atoms with Crippen molar-refractivity contribution in [2.24, 2.45) is 10.9 Å². The molecule has 0 aliphatic carbocycles. The summed E-state index contributed by atoms with van der Waals surface area (Å²) in [6, 6.07) is 9.14. The predicted molar refractivity (Wildman–Crippen MR) is 77.3 cm³/mol. The third-order valence-corrected chi connectivity index (χ3v) is 4.58. The summed E-state index contributed by atoms with van der Waals surface area (Å²) >= 11 is 0. The van der Waals surface area contributed by atoms with Gasteiger partial charge in [-0.3, -0.25) is 0 Å². The highest BCUT2D eigenvalue weighted by Gasteiger charge is 2.23. The van der Waals surface area contributed by atoms with E-state index in [1.54, 1.807) is 6.08 Å². The molecule has 6 nitrogen and oxygen atoms in total. The zero-order valence-corrected chi connectivity index (χ0v) is 11.6. The largest absolute Gasteiger partial charge is 0.409 e. The number of hydrogen-bond donors (Lipinski definition) is 3. The Morgan fingerprint density at radius 3 is 2.70 bits per heavy atom. The number of amidine groups is 1. The van der Waals surface area contributed by atoms with E-state index >= 15 is 0 Å². The van der Waals surface area contributed by atoms with Crippen molar-refractivity contribution < 1.29 is 13.6 Å². The van der Waals surface area contributed by atoms with Crippen molar-refractivity contribution in [2.45, 2.75) is 12.0 Å². The van der Waals surface area contributed by atoms with Gasteiger partial charge >= 0.3 is 0 Å². The van der Waals surface area contributed by atoms with Gasteiger partial charge in [-0.2, -0.15) is 0 Å². The van der Waals surface area contributed by atoms with Crippen molar-refractivity contribution >= 4 is 15.7 Å². The van der Waals surface area contributed by atoms with Crippen LogP contribution < -0.4 is 11.1 Å². The Bertz CT molecular complexity index is 611. The molecule has 1 aromatic rings. The van der Waals surface area contributed by atoms with Gasteiger partial charge in [0.05, 0.1) is 11.7 Å². The van der Waals surface area contributed by atoms with Crippen LogP contribution in [0, 0.1) is 0 Å². The lowest BCUT2D eigenvalue weighted by Gasteiger charge is -2.18. The quantitative estimate of drug-likeness (QED) is 0.316. The van der Waals surface area contributed by atoms with Crippen molar-refractivity contribution in [3.8, 4) is 0 Å². The molecule has 20 heavy (non-hydrogen) atoms. The fourth-order valence-electron chi connectivity index (χ4n) is 2.12. The standard InChI is InChI=1S/C13H17N3O3S/c14-13(16-17)12(10-4-2-1-3-5-10)8-15-11-6-7-20(18,19)9-11/h1-7,11-12,15,17H,8-9H2,(H2,14,16). The molecule has 0 aromatic heterocycles. The minimum atomic E-state index is -3.09. The van der Waals surface area contributed by atoms with Crippen LogP contribution in [0.15, 0.2) is 47.0 Å². The summed E-state index contributed by atoms with van der Waals surface area (Å²) in [5.41, 5.74) is 6.61. The molecular weight excluding hydrogens is 278 g/mol. The molecule has 0 amide bonds. The Morgan fingerprint density at radius 2 is 2.15 bits per heavy atom. The summed E-state index contributed by atoms with van der Waals surface area (Å²) in [4.78, 5) is 0. The van der Waals surface area contributed by atoms with Crippen LogP contribution in [0.4, 0.5) is 0 Å². The van der Waals surface area contributed by atoms with E-state index in [0.29, 0.717) is 6.54 Å². The van der Waals surface area contributed by atoms with Gasteiger partial charge in [0.1, 0.15) is 5.84 Å². The number of hydrogen-bond acceptors (Lipinski definition) is 5. The Hall–Kier alpha value is -1.86. The van der Waals surface area contributed by atoms with Crippen LogP contribution in [0.25, 0.3) is 0 Å². The summed E-state index contributed by atoms with van der Waals surface area (Å²) in [5, 5.41) is 16.3. The van der Waals surface area contributed by atoms with Crippen molar-refractivity contribution in [2.75, 3.05) is 12.3 Å². The molecule has 1 heterocycles. The molecule has 2 atom stereocenters. The number of sulfone groups is 1. The first-order chi connectivity index (χ1) is 9.52. The number of benzene rings is 1. The van der Waals surface area contributed by atoms with E-state index in [1.165, 1.54) is 5.41 Å². The van der Waals surface area contributed by atoms with Gasteiger partial charge in [0.15, 0.2) is 9.84 Å². The van der Waals surface area contributed by atoms with E-state index in [1.807, 2.05) is 30.3 Å². The Morgan fingerprint density at radius 1 is 1.45 bits per heavy atom. The maximum atomic E-state index is 11.3. The molecule has 0 fully saturated rings. The van der Waals surface area contributed by atoms with Crippen LogP contribution in [-0.4, -0.2) is 37.8 Å². The number of rotatable bonds is 5. The first kappa shape index (κ1) is 14.5. The van der Waals surface area contributed by atoms with Gasteiger partial charge in [0.2, 0.25) is 0 Å². The van der Waals surface area contributed by atoms with Crippen molar-refractivity contribution in [3.63, 3.8) is 0 Å². The molecule has 108 valence electrons. The fourth-order valence-corrected chi connectivity index (χ4v) is 3.39. The average molecular weight is 295 g/mol. The minimum Gasteiger partial charge on any atom is -0.409 e. The summed E-state index contributed by atoms with van der Waals surface area (Å²) in [5.74, 6) is -0.170. The first-order valence-corrected chi connectivity index (χ1v) is 7.90. The second-order valence-electron chi connectivity index (χ2n) is 4.66. The van der Waals surface area contributed by atoms with Gasteiger partial charge in [-0.05, 0) is 5.56 Å². The van der Waals surface area contributed by atoms with Crippen LogP contribution >= 0.6 is 0 Å². The molecule has 0 saturated heterocycles. The van der Waals surface area contributed by atoms with Gasteiger partial charge in [-0.25, -0.2) is 8.42 Å². The maximum Gasteiger partial charge on any atom is 0.173 e. The molecule has 0 saturated carbocycles. The zero-order chi connectivity index (χ0) is 14.6. The van der Waals surface area contributed by atoms with E-state index < -0.39 is 9.84 Å². The lowest BCUT2D eigenvalue weighted by molar-refractivity contribution is 0.315. The third kappa shape index (κ3) is 3.58. The van der Waals surface area contributed by atoms with E-state index in [2.05, 4.69) is 10.5 Å². The summed E-state index contributed by atoms with van der Waals surface area (Å²) in [6.07, 6.45) is 1.61. The maximum absolute atomic E-state index is 11.3. The smallest absolute Gasteiger partial charge is 0.173 e. The number of oxime groups is 1. The van der Waals surface area contributed by atoms with Crippen molar-refractivity contribution in [1.29, 1.82) is 0 Å². The second-order valence-corrected chi connectivity index (χ2v) is 6.59. The van der Waals surface area contributed by atoms with Crippen LogP contribution in [0.5, 0.6) is 0 Å². The van der Waals surface area contributed by atoms with Crippen LogP contribution in [0.1, 0.15) is 11.5 Å². The third-order valence-electron chi connectivity index (χ3n) is 3.19. The van der Waals surface area contributed by atoms with Crippen LogP contribution in [0.2, 0.25) is 0 Å². The van der Waals surface area contributed by atoms with E-state index in [9.17, 15) is 8.42 Å². The minimum absolute atomic E-state index is 0.0463. The first-order valence-electron chi connectivity index (χ1n) is 6.18. The number of nitrogens with one attached hydrogen (secondary N) is 1. The zero-order valence-electron chi connectivity index (χ0n) is 10.8. The van der Waals surface area contributed by atoms with E-state index in [4.69, 9.17) is 10.9 Å². The van der Waals surface area contributed by atoms with Gasteiger partial charge in [-0.15, -0.1) is 0 Å². The normalized spacial score (nSPS) is 22.8. The van der Waals surface area contributed by atoms with Crippen LogP contribution in [0.3, 0.4) is 0 Å². The highest BCUT2D eigenvalue weighted by Crippen LogP contribution is 2.16. The molecule has 4 N–H and O–H groups in total. The Balaban J connectivity index is 2.05. The van der Waals surface area contributed by atoms with Gasteiger partial charge < -0.3 is 16.3 Å². The molecule has 1 aliphatic heterocycles. The molecule has 1 aliphatic rings. The monoisotopic (exact) mass is 295 g/mol. The molecule has 1 aromatic carbocycles. The molecule has 7 heteroatoms. The highest BCUT2D eigenvalue weighted by atomic mass is 32.2. The second kappa shape index (κ2) is 6.06. The number of nitrogens with zero attached hydrogens (tertiary/aromatic N) is 1. The fraction of sp³-hybridized carbons (Fsp3) is 0.308. The highest BCUT2D eigenvalue weighted by molar-refractivity contribution is 7.94. The lowest BCUT2D eigenvalue weighted by Crippen LogP contribution is -2.37.